The summed E-state index contributed by atoms with van der Waals surface area (Å²) in [7, 11) is 0. The van der Waals surface area contributed by atoms with Crippen molar-refractivity contribution in [3.63, 3.8) is 0 Å². The molecule has 5 heteroatoms. The first kappa shape index (κ1) is 13.9. The molecule has 1 fully saturated rings. The van der Waals surface area contributed by atoms with Crippen LogP contribution in [-0.2, 0) is 6.54 Å². The van der Waals surface area contributed by atoms with Gasteiger partial charge in [-0.1, -0.05) is 15.9 Å². The van der Waals surface area contributed by atoms with Crippen LogP contribution >= 0.6 is 31.9 Å². The third-order valence-electron chi connectivity index (χ3n) is 3.32. The van der Waals surface area contributed by atoms with Crippen LogP contribution in [0.3, 0.4) is 0 Å². The standard InChI is InChI=1S/C15H13Br2NO2/c16-10-3-6-13(14(17)8-10)15(19)18(11-4-5-11)9-12-2-1-7-20-12/h1-3,6-8,11H,4-5,9H2. The fourth-order valence-electron chi connectivity index (χ4n) is 2.14. The summed E-state index contributed by atoms with van der Waals surface area (Å²) in [6, 6.07) is 9.71. The van der Waals surface area contributed by atoms with Crippen LogP contribution in [-0.4, -0.2) is 16.8 Å². The van der Waals surface area contributed by atoms with Gasteiger partial charge in [-0.25, -0.2) is 0 Å². The van der Waals surface area contributed by atoms with Crippen molar-refractivity contribution in [3.8, 4) is 0 Å². The van der Waals surface area contributed by atoms with Crippen molar-refractivity contribution in [2.75, 3.05) is 0 Å². The Morgan fingerprint density at radius 1 is 1.30 bits per heavy atom. The molecule has 1 saturated carbocycles. The Hall–Kier alpha value is -1.07. The van der Waals surface area contributed by atoms with Gasteiger partial charge in [-0.3, -0.25) is 4.79 Å². The van der Waals surface area contributed by atoms with E-state index in [2.05, 4.69) is 31.9 Å². The highest BCUT2D eigenvalue weighted by atomic mass is 79.9. The van der Waals surface area contributed by atoms with Crippen LogP contribution in [0.5, 0.6) is 0 Å². The minimum Gasteiger partial charge on any atom is -0.467 e. The first-order chi connectivity index (χ1) is 9.65. The molecule has 104 valence electrons. The number of hydrogen-bond donors (Lipinski definition) is 0. The maximum Gasteiger partial charge on any atom is 0.255 e. The van der Waals surface area contributed by atoms with Crippen molar-refractivity contribution >= 4 is 37.8 Å². The van der Waals surface area contributed by atoms with Crippen molar-refractivity contribution in [1.29, 1.82) is 0 Å². The van der Waals surface area contributed by atoms with E-state index in [0.717, 1.165) is 27.5 Å². The van der Waals surface area contributed by atoms with Crippen LogP contribution in [0.2, 0.25) is 0 Å². The van der Waals surface area contributed by atoms with Gasteiger partial charge < -0.3 is 9.32 Å². The molecule has 1 aromatic carbocycles. The predicted molar refractivity (Wildman–Crippen MR) is 83.4 cm³/mol. The average Bonchev–Trinajstić information content (AvgIpc) is 3.12. The van der Waals surface area contributed by atoms with Gasteiger partial charge in [0.2, 0.25) is 0 Å². The van der Waals surface area contributed by atoms with E-state index in [1.807, 2.05) is 35.2 Å². The molecule has 3 rings (SSSR count). The molecule has 1 aliphatic carbocycles. The second kappa shape index (κ2) is 5.74. The quantitative estimate of drug-likeness (QED) is 0.753. The van der Waals surface area contributed by atoms with E-state index in [1.54, 1.807) is 6.26 Å². The van der Waals surface area contributed by atoms with Crippen LogP contribution in [0.4, 0.5) is 0 Å². The maximum atomic E-state index is 12.7. The highest BCUT2D eigenvalue weighted by molar-refractivity contribution is 9.11. The highest BCUT2D eigenvalue weighted by Crippen LogP contribution is 2.32. The lowest BCUT2D eigenvalue weighted by molar-refractivity contribution is 0.0716. The second-order valence-electron chi connectivity index (χ2n) is 4.87. The van der Waals surface area contributed by atoms with Crippen LogP contribution in [0.15, 0.2) is 50.0 Å². The van der Waals surface area contributed by atoms with Crippen LogP contribution < -0.4 is 0 Å². The molecule has 20 heavy (non-hydrogen) atoms. The van der Waals surface area contributed by atoms with Crippen molar-refractivity contribution < 1.29 is 9.21 Å². The molecule has 0 unspecified atom stereocenters. The molecule has 3 nitrogen and oxygen atoms in total. The lowest BCUT2D eigenvalue weighted by Crippen LogP contribution is -2.32. The van der Waals surface area contributed by atoms with E-state index in [1.165, 1.54) is 0 Å². The maximum absolute atomic E-state index is 12.7. The van der Waals surface area contributed by atoms with Gasteiger partial charge in [-0.05, 0) is 59.1 Å². The van der Waals surface area contributed by atoms with E-state index in [-0.39, 0.29) is 5.91 Å². The fourth-order valence-corrected chi connectivity index (χ4v) is 3.36. The number of rotatable bonds is 4. The summed E-state index contributed by atoms with van der Waals surface area (Å²) >= 11 is 6.86. The van der Waals surface area contributed by atoms with Gasteiger partial charge in [0.25, 0.3) is 5.91 Å². The Bertz CT molecular complexity index is 621. The average molecular weight is 399 g/mol. The number of benzene rings is 1. The number of amides is 1. The molecule has 0 bridgehead atoms. The van der Waals surface area contributed by atoms with Crippen molar-refractivity contribution in [2.24, 2.45) is 0 Å². The summed E-state index contributed by atoms with van der Waals surface area (Å²) in [5, 5.41) is 0. The molecule has 0 N–H and O–H groups in total. The molecule has 1 amide bonds. The Balaban J connectivity index is 1.85. The Labute approximate surface area is 134 Å². The minimum atomic E-state index is 0.0447. The molecule has 0 aliphatic heterocycles. The zero-order chi connectivity index (χ0) is 14.1. The molecule has 1 heterocycles. The van der Waals surface area contributed by atoms with Crippen LogP contribution in [0.25, 0.3) is 0 Å². The van der Waals surface area contributed by atoms with E-state index in [0.29, 0.717) is 18.2 Å². The molecule has 1 aliphatic rings. The summed E-state index contributed by atoms with van der Waals surface area (Å²) in [6.07, 6.45) is 3.78. The zero-order valence-corrected chi connectivity index (χ0v) is 13.9. The molecule has 0 radical (unpaired) electrons. The third-order valence-corrected chi connectivity index (χ3v) is 4.47. The summed E-state index contributed by atoms with van der Waals surface area (Å²) in [5.41, 5.74) is 0.687. The molecular weight excluding hydrogens is 386 g/mol. The van der Waals surface area contributed by atoms with E-state index < -0.39 is 0 Å². The lowest BCUT2D eigenvalue weighted by Gasteiger charge is -2.22. The predicted octanol–water partition coefficient (Wildman–Crippen LogP) is 4.61. The number of nitrogens with zero attached hydrogens (tertiary/aromatic N) is 1. The molecule has 0 atom stereocenters. The van der Waals surface area contributed by atoms with Gasteiger partial charge in [-0.15, -0.1) is 0 Å². The Morgan fingerprint density at radius 2 is 2.10 bits per heavy atom. The normalized spacial score (nSPS) is 14.3. The number of furan rings is 1. The lowest BCUT2D eigenvalue weighted by atomic mass is 10.2. The molecular formula is C15H13Br2NO2. The van der Waals surface area contributed by atoms with Gasteiger partial charge in [0, 0.05) is 15.0 Å². The van der Waals surface area contributed by atoms with E-state index in [9.17, 15) is 4.79 Å². The Kier molecular flexibility index (Phi) is 3.98. The summed E-state index contributed by atoms with van der Waals surface area (Å²) in [4.78, 5) is 14.6. The van der Waals surface area contributed by atoms with Crippen LogP contribution in [0, 0.1) is 0 Å². The number of hydrogen-bond acceptors (Lipinski definition) is 2. The van der Waals surface area contributed by atoms with E-state index >= 15 is 0 Å². The molecule has 2 aromatic rings. The van der Waals surface area contributed by atoms with Gasteiger partial charge >= 0.3 is 0 Å². The van der Waals surface area contributed by atoms with E-state index in [4.69, 9.17) is 4.42 Å². The van der Waals surface area contributed by atoms with Gasteiger partial charge in [0.05, 0.1) is 18.4 Å². The third kappa shape index (κ3) is 2.99. The number of carbonyl (C=O) groups excluding carboxylic acids is 1. The van der Waals surface area contributed by atoms with Crippen molar-refractivity contribution in [1.82, 2.24) is 4.90 Å². The minimum absolute atomic E-state index is 0.0447. The first-order valence-electron chi connectivity index (χ1n) is 6.43. The number of carbonyl (C=O) groups is 1. The largest absolute Gasteiger partial charge is 0.467 e. The monoisotopic (exact) mass is 397 g/mol. The summed E-state index contributed by atoms with van der Waals surface area (Å²) in [5.74, 6) is 0.863. The Morgan fingerprint density at radius 3 is 2.70 bits per heavy atom. The molecule has 0 spiro atoms. The SMILES string of the molecule is O=C(c1ccc(Br)cc1Br)N(Cc1ccco1)C1CC1. The number of halogens is 2. The van der Waals surface area contributed by atoms with Crippen molar-refractivity contribution in [2.45, 2.75) is 25.4 Å². The topological polar surface area (TPSA) is 33.5 Å². The summed E-state index contributed by atoms with van der Waals surface area (Å²) < 4.78 is 7.12. The highest BCUT2D eigenvalue weighted by Gasteiger charge is 2.34. The second-order valence-corrected chi connectivity index (χ2v) is 6.64. The smallest absolute Gasteiger partial charge is 0.255 e. The summed E-state index contributed by atoms with van der Waals surface area (Å²) in [6.45, 7) is 0.527. The molecule has 0 saturated heterocycles. The van der Waals surface area contributed by atoms with Gasteiger partial charge in [0.15, 0.2) is 0 Å². The van der Waals surface area contributed by atoms with Gasteiger partial charge in [0.1, 0.15) is 5.76 Å². The van der Waals surface area contributed by atoms with Crippen molar-refractivity contribution in [3.05, 3.63) is 56.9 Å². The fraction of sp³-hybridized carbons (Fsp3) is 0.267. The van der Waals surface area contributed by atoms with Gasteiger partial charge in [-0.2, -0.15) is 0 Å². The first-order valence-corrected chi connectivity index (χ1v) is 8.02. The zero-order valence-electron chi connectivity index (χ0n) is 10.7. The van der Waals surface area contributed by atoms with Crippen LogP contribution in [0.1, 0.15) is 29.0 Å². The molecule has 1 aromatic heterocycles.